The molecule has 0 saturated carbocycles. The minimum absolute atomic E-state index is 0.0571. The summed E-state index contributed by atoms with van der Waals surface area (Å²) >= 11 is 6.88. The molecule has 0 aliphatic carbocycles. The average Bonchev–Trinajstić information content (AvgIpc) is 2.74. The Labute approximate surface area is 136 Å². The van der Waals surface area contributed by atoms with Crippen LogP contribution in [0.15, 0.2) is 0 Å². The van der Waals surface area contributed by atoms with Gasteiger partial charge >= 0.3 is 0 Å². The van der Waals surface area contributed by atoms with Crippen molar-refractivity contribution in [2.24, 2.45) is 0 Å². The molecule has 1 heterocycles. The van der Waals surface area contributed by atoms with Gasteiger partial charge in [-0.2, -0.15) is 11.8 Å². The van der Waals surface area contributed by atoms with Crippen LogP contribution >= 0.6 is 24.0 Å². The Kier molecular flexibility index (Phi) is 8.35. The number of thioether (sulfide) groups is 1. The van der Waals surface area contributed by atoms with Gasteiger partial charge in [-0.3, -0.25) is 4.79 Å². The number of sulfone groups is 1. The van der Waals surface area contributed by atoms with Crippen molar-refractivity contribution in [2.75, 3.05) is 36.6 Å². The van der Waals surface area contributed by atoms with Crippen LogP contribution in [0.4, 0.5) is 0 Å². The van der Waals surface area contributed by atoms with Crippen LogP contribution in [-0.2, 0) is 14.6 Å². The monoisotopic (exact) mass is 353 g/mol. The number of carbonyl (C=O) groups excluding carboxylic acids is 1. The summed E-state index contributed by atoms with van der Waals surface area (Å²) in [4.78, 5) is 11.7. The molecule has 1 aliphatic rings. The van der Waals surface area contributed by atoms with E-state index in [0.29, 0.717) is 18.1 Å². The standard InChI is InChI=1S/C12H23N3O3S3/c1-20-7-2-5-13-12(19)14-6-3-11(16)15-10-4-8-21(17,18)9-10/h10H,2-9H2,1H3,(H,15,16)(H2,13,14,19). The number of rotatable bonds is 8. The molecule has 0 aromatic carbocycles. The van der Waals surface area contributed by atoms with Crippen LogP contribution < -0.4 is 16.0 Å². The molecule has 3 N–H and O–H groups in total. The second-order valence-electron chi connectivity index (χ2n) is 4.95. The molecule has 1 atom stereocenters. The van der Waals surface area contributed by atoms with Gasteiger partial charge < -0.3 is 16.0 Å². The van der Waals surface area contributed by atoms with Gasteiger partial charge in [0.2, 0.25) is 5.91 Å². The maximum Gasteiger partial charge on any atom is 0.222 e. The van der Waals surface area contributed by atoms with E-state index >= 15 is 0 Å². The van der Waals surface area contributed by atoms with Crippen molar-refractivity contribution in [3.8, 4) is 0 Å². The highest BCUT2D eigenvalue weighted by atomic mass is 32.2. The summed E-state index contributed by atoms with van der Waals surface area (Å²) in [5, 5.41) is 9.33. The van der Waals surface area contributed by atoms with Crippen LogP contribution in [0.25, 0.3) is 0 Å². The van der Waals surface area contributed by atoms with Crippen molar-refractivity contribution in [1.29, 1.82) is 0 Å². The summed E-state index contributed by atoms with van der Waals surface area (Å²) < 4.78 is 22.6. The average molecular weight is 354 g/mol. The molecule has 1 aliphatic heterocycles. The maximum absolute atomic E-state index is 11.7. The number of amides is 1. The number of thiocarbonyl (C=S) groups is 1. The highest BCUT2D eigenvalue weighted by Crippen LogP contribution is 2.11. The molecular weight excluding hydrogens is 330 g/mol. The molecular formula is C12H23N3O3S3. The Morgan fingerprint density at radius 1 is 1.33 bits per heavy atom. The van der Waals surface area contributed by atoms with Crippen LogP contribution in [0.1, 0.15) is 19.3 Å². The van der Waals surface area contributed by atoms with E-state index in [4.69, 9.17) is 12.2 Å². The summed E-state index contributed by atoms with van der Waals surface area (Å²) in [7, 11) is -2.95. The summed E-state index contributed by atoms with van der Waals surface area (Å²) in [6.45, 7) is 1.26. The highest BCUT2D eigenvalue weighted by molar-refractivity contribution is 7.98. The zero-order valence-electron chi connectivity index (χ0n) is 12.2. The van der Waals surface area contributed by atoms with E-state index in [1.807, 2.05) is 0 Å². The highest BCUT2D eigenvalue weighted by Gasteiger charge is 2.28. The quantitative estimate of drug-likeness (QED) is 0.415. The van der Waals surface area contributed by atoms with Gasteiger partial charge in [0.25, 0.3) is 0 Å². The lowest BCUT2D eigenvalue weighted by Crippen LogP contribution is -2.40. The summed E-state index contributed by atoms with van der Waals surface area (Å²) in [6.07, 6.45) is 3.89. The first-order valence-corrected chi connectivity index (χ1v) is 10.6. The molecule has 6 nitrogen and oxygen atoms in total. The minimum Gasteiger partial charge on any atom is -0.363 e. The zero-order valence-corrected chi connectivity index (χ0v) is 14.6. The lowest BCUT2D eigenvalue weighted by molar-refractivity contribution is -0.121. The third-order valence-electron chi connectivity index (χ3n) is 3.05. The van der Waals surface area contributed by atoms with Gasteiger partial charge in [0.1, 0.15) is 0 Å². The van der Waals surface area contributed by atoms with Crippen molar-refractivity contribution < 1.29 is 13.2 Å². The normalized spacial score (nSPS) is 20.0. The van der Waals surface area contributed by atoms with Crippen LogP contribution in [0.5, 0.6) is 0 Å². The van der Waals surface area contributed by atoms with E-state index in [1.165, 1.54) is 0 Å². The molecule has 0 spiro atoms. The minimum atomic E-state index is -2.95. The Bertz CT molecular complexity index is 454. The summed E-state index contributed by atoms with van der Waals surface area (Å²) in [6, 6.07) is -0.237. The lowest BCUT2D eigenvalue weighted by Gasteiger charge is -2.12. The molecule has 122 valence electrons. The fraction of sp³-hybridized carbons (Fsp3) is 0.833. The Morgan fingerprint density at radius 2 is 2.05 bits per heavy atom. The molecule has 1 saturated heterocycles. The molecule has 0 aromatic rings. The number of nitrogens with one attached hydrogen (secondary N) is 3. The topological polar surface area (TPSA) is 87.3 Å². The summed E-state index contributed by atoms with van der Waals surface area (Å²) in [5.74, 6) is 1.17. The molecule has 1 unspecified atom stereocenters. The van der Waals surface area contributed by atoms with Crippen LogP contribution in [-0.4, -0.2) is 62.1 Å². The smallest absolute Gasteiger partial charge is 0.222 e. The van der Waals surface area contributed by atoms with E-state index in [2.05, 4.69) is 22.2 Å². The molecule has 0 radical (unpaired) electrons. The zero-order chi connectivity index (χ0) is 15.7. The first kappa shape index (κ1) is 18.5. The van der Waals surface area contributed by atoms with E-state index in [-0.39, 0.29) is 29.9 Å². The number of hydrogen-bond donors (Lipinski definition) is 3. The first-order valence-electron chi connectivity index (χ1n) is 6.93. The third-order valence-corrected chi connectivity index (χ3v) is 5.80. The molecule has 1 fully saturated rings. The van der Waals surface area contributed by atoms with E-state index < -0.39 is 9.84 Å². The second kappa shape index (κ2) is 9.47. The van der Waals surface area contributed by atoms with Crippen LogP contribution in [0, 0.1) is 0 Å². The SMILES string of the molecule is CSCCCNC(=S)NCCC(=O)NC1CCS(=O)(=O)C1. The van der Waals surface area contributed by atoms with Crippen molar-refractivity contribution in [2.45, 2.75) is 25.3 Å². The molecule has 0 bridgehead atoms. The number of carbonyl (C=O) groups is 1. The fourth-order valence-corrected chi connectivity index (χ4v) is 4.29. The van der Waals surface area contributed by atoms with Crippen molar-refractivity contribution in [3.63, 3.8) is 0 Å². The van der Waals surface area contributed by atoms with Gasteiger partial charge in [-0.15, -0.1) is 0 Å². The predicted molar refractivity (Wildman–Crippen MR) is 91.4 cm³/mol. The molecule has 9 heteroatoms. The van der Waals surface area contributed by atoms with E-state index in [0.717, 1.165) is 18.7 Å². The largest absolute Gasteiger partial charge is 0.363 e. The van der Waals surface area contributed by atoms with Crippen LogP contribution in [0.3, 0.4) is 0 Å². The van der Waals surface area contributed by atoms with Crippen molar-refractivity contribution >= 4 is 44.8 Å². The maximum atomic E-state index is 11.7. The van der Waals surface area contributed by atoms with Gasteiger partial charge in [0.15, 0.2) is 14.9 Å². The second-order valence-corrected chi connectivity index (χ2v) is 8.57. The Morgan fingerprint density at radius 3 is 2.67 bits per heavy atom. The van der Waals surface area contributed by atoms with Gasteiger partial charge in [-0.1, -0.05) is 0 Å². The predicted octanol–water partition coefficient (Wildman–Crippen LogP) is -0.103. The van der Waals surface area contributed by atoms with Gasteiger partial charge in [-0.05, 0) is 37.1 Å². The molecule has 21 heavy (non-hydrogen) atoms. The first-order chi connectivity index (χ1) is 9.93. The van der Waals surface area contributed by atoms with Gasteiger partial charge in [-0.25, -0.2) is 8.42 Å². The van der Waals surface area contributed by atoms with Gasteiger partial charge in [0.05, 0.1) is 11.5 Å². The van der Waals surface area contributed by atoms with Gasteiger partial charge in [0, 0.05) is 25.6 Å². The fourth-order valence-electron chi connectivity index (χ4n) is 1.98. The lowest BCUT2D eigenvalue weighted by atomic mass is 10.2. The third kappa shape index (κ3) is 8.47. The summed E-state index contributed by atoms with van der Waals surface area (Å²) in [5.41, 5.74) is 0. The van der Waals surface area contributed by atoms with Crippen LogP contribution in [0.2, 0.25) is 0 Å². The molecule has 1 amide bonds. The molecule has 0 aromatic heterocycles. The van der Waals surface area contributed by atoms with Crippen molar-refractivity contribution in [1.82, 2.24) is 16.0 Å². The Balaban J connectivity index is 2.07. The Hall–Kier alpha value is -0.540. The van der Waals surface area contributed by atoms with Crippen molar-refractivity contribution in [3.05, 3.63) is 0 Å². The van der Waals surface area contributed by atoms with E-state index in [1.54, 1.807) is 11.8 Å². The van der Waals surface area contributed by atoms with E-state index in [9.17, 15) is 13.2 Å². The number of hydrogen-bond acceptors (Lipinski definition) is 5. The molecule has 1 rings (SSSR count).